The van der Waals surface area contributed by atoms with E-state index in [1.807, 2.05) is 0 Å². The maximum absolute atomic E-state index is 12.8. The molecule has 0 bridgehead atoms. The third kappa shape index (κ3) is 40.1. The molecule has 1 unspecified atom stereocenters. The van der Waals surface area contributed by atoms with Crippen molar-refractivity contribution in [3.8, 4) is 0 Å². The fraction of sp³-hybridized carbons (Fsp3) is 0.935. The van der Waals surface area contributed by atoms with Crippen LogP contribution in [0.25, 0.3) is 0 Å². The van der Waals surface area contributed by atoms with Gasteiger partial charge in [0.15, 0.2) is 0 Å². The topological polar surface area (TPSA) is 115 Å². The molecule has 0 radical (unpaired) electrons. The number of aliphatic imine (C=N–C) groups is 1. The molecule has 326 valence electrons. The van der Waals surface area contributed by atoms with Gasteiger partial charge in [0.1, 0.15) is 6.10 Å². The van der Waals surface area contributed by atoms with Crippen molar-refractivity contribution < 1.29 is 23.9 Å². The SMILES string of the molecule is CCCCCCCCCOC(=O)CCCCCCCN(CCCCCCCC(=O)OC(CCCCCCC)CCCCCCCC)CCCN=C(N)NOC. The zero-order valence-electron chi connectivity index (χ0n) is 37.0. The van der Waals surface area contributed by atoms with Crippen LogP contribution in [0.3, 0.4) is 0 Å². The lowest BCUT2D eigenvalue weighted by Gasteiger charge is -2.22. The van der Waals surface area contributed by atoms with Gasteiger partial charge in [0.05, 0.1) is 13.7 Å². The molecule has 0 saturated heterocycles. The monoisotopic (exact) mass is 781 g/mol. The zero-order chi connectivity index (χ0) is 40.3. The molecule has 0 aliphatic rings. The normalized spacial score (nSPS) is 12.3. The van der Waals surface area contributed by atoms with Crippen LogP contribution in [0.4, 0.5) is 0 Å². The molecule has 0 aromatic carbocycles. The van der Waals surface area contributed by atoms with Crippen molar-refractivity contribution in [2.75, 3.05) is 39.9 Å². The van der Waals surface area contributed by atoms with E-state index in [2.05, 4.69) is 36.1 Å². The van der Waals surface area contributed by atoms with Crippen LogP contribution in [0.5, 0.6) is 0 Å². The molecule has 0 aromatic rings. The average molecular weight is 781 g/mol. The lowest BCUT2D eigenvalue weighted by atomic mass is 10.0. The number of ether oxygens (including phenoxy) is 2. The van der Waals surface area contributed by atoms with E-state index in [1.54, 1.807) is 0 Å². The highest BCUT2D eigenvalue weighted by molar-refractivity contribution is 5.76. The number of hydrogen-bond donors (Lipinski definition) is 2. The summed E-state index contributed by atoms with van der Waals surface area (Å²) in [5.74, 6) is 0.297. The number of unbranched alkanes of at least 4 members (excludes halogenated alkanes) is 23. The molecule has 3 N–H and O–H groups in total. The van der Waals surface area contributed by atoms with Gasteiger partial charge < -0.3 is 20.1 Å². The van der Waals surface area contributed by atoms with Crippen molar-refractivity contribution in [2.24, 2.45) is 10.7 Å². The molecule has 9 heteroatoms. The molecule has 0 spiro atoms. The van der Waals surface area contributed by atoms with Crippen molar-refractivity contribution in [3.05, 3.63) is 0 Å². The maximum atomic E-state index is 12.8. The highest BCUT2D eigenvalue weighted by Gasteiger charge is 2.14. The van der Waals surface area contributed by atoms with Crippen LogP contribution < -0.4 is 11.2 Å². The van der Waals surface area contributed by atoms with Crippen LogP contribution in [-0.4, -0.2) is 68.8 Å². The summed E-state index contributed by atoms with van der Waals surface area (Å²) in [7, 11) is 1.53. The quantitative estimate of drug-likeness (QED) is 0.0207. The van der Waals surface area contributed by atoms with Crippen LogP contribution >= 0.6 is 0 Å². The molecular formula is C46H92N4O5. The van der Waals surface area contributed by atoms with Gasteiger partial charge in [-0.1, -0.05) is 156 Å². The van der Waals surface area contributed by atoms with Gasteiger partial charge in [-0.15, -0.1) is 0 Å². The van der Waals surface area contributed by atoms with Crippen molar-refractivity contribution in [2.45, 2.75) is 239 Å². The Bertz CT molecular complexity index is 858. The summed E-state index contributed by atoms with van der Waals surface area (Å²) in [5, 5.41) is 0. The second kappa shape index (κ2) is 43.3. The third-order valence-corrected chi connectivity index (χ3v) is 10.7. The number of carbonyl (C=O) groups excluding carboxylic acids is 2. The van der Waals surface area contributed by atoms with E-state index in [9.17, 15) is 9.59 Å². The first-order chi connectivity index (χ1) is 27.0. The van der Waals surface area contributed by atoms with Crippen LogP contribution in [0.1, 0.15) is 233 Å². The number of nitrogens with two attached hydrogens (primary N) is 1. The molecule has 0 aromatic heterocycles. The Labute approximate surface area is 340 Å². The van der Waals surface area contributed by atoms with Crippen molar-refractivity contribution in [1.29, 1.82) is 0 Å². The van der Waals surface area contributed by atoms with Gasteiger partial charge in [0, 0.05) is 19.4 Å². The lowest BCUT2D eigenvalue weighted by molar-refractivity contribution is -0.150. The van der Waals surface area contributed by atoms with Crippen molar-refractivity contribution >= 4 is 17.9 Å². The zero-order valence-corrected chi connectivity index (χ0v) is 37.0. The Balaban J connectivity index is 4.34. The number of guanidine groups is 1. The van der Waals surface area contributed by atoms with Gasteiger partial charge in [-0.3, -0.25) is 19.4 Å². The van der Waals surface area contributed by atoms with Crippen molar-refractivity contribution in [3.63, 3.8) is 0 Å². The smallest absolute Gasteiger partial charge is 0.306 e. The minimum Gasteiger partial charge on any atom is -0.466 e. The second-order valence-electron chi connectivity index (χ2n) is 16.0. The number of esters is 2. The highest BCUT2D eigenvalue weighted by Crippen LogP contribution is 2.18. The van der Waals surface area contributed by atoms with Gasteiger partial charge in [-0.05, 0) is 83.8 Å². The summed E-state index contributed by atoms with van der Waals surface area (Å²) >= 11 is 0. The Hall–Kier alpha value is -1.87. The number of hydroxylamine groups is 1. The average Bonchev–Trinajstić information content (AvgIpc) is 3.17. The number of hydrogen-bond acceptors (Lipinski definition) is 7. The summed E-state index contributed by atoms with van der Waals surface area (Å²) in [6.07, 6.45) is 37.8. The number of nitrogens with zero attached hydrogens (tertiary/aromatic N) is 2. The van der Waals surface area contributed by atoms with Crippen LogP contribution in [0.2, 0.25) is 0 Å². The molecule has 0 aliphatic carbocycles. The summed E-state index contributed by atoms with van der Waals surface area (Å²) in [5.41, 5.74) is 8.39. The Morgan fingerprint density at radius 3 is 1.47 bits per heavy atom. The molecule has 1 atom stereocenters. The summed E-state index contributed by atoms with van der Waals surface area (Å²) in [4.78, 5) is 36.6. The van der Waals surface area contributed by atoms with Crippen molar-refractivity contribution in [1.82, 2.24) is 10.4 Å². The molecule has 0 heterocycles. The molecule has 55 heavy (non-hydrogen) atoms. The van der Waals surface area contributed by atoms with Crippen LogP contribution in [-0.2, 0) is 23.9 Å². The number of nitrogens with one attached hydrogen (secondary N) is 1. The van der Waals surface area contributed by atoms with Crippen LogP contribution in [0, 0.1) is 0 Å². The van der Waals surface area contributed by atoms with Gasteiger partial charge in [-0.25, -0.2) is 5.48 Å². The predicted octanol–water partition coefficient (Wildman–Crippen LogP) is 12.1. The molecule has 0 fully saturated rings. The second-order valence-corrected chi connectivity index (χ2v) is 16.0. The van der Waals surface area contributed by atoms with Gasteiger partial charge >= 0.3 is 11.9 Å². The number of rotatable bonds is 43. The molecule has 9 nitrogen and oxygen atoms in total. The molecule has 0 saturated carbocycles. The Morgan fingerprint density at radius 2 is 0.964 bits per heavy atom. The predicted molar refractivity (Wildman–Crippen MR) is 233 cm³/mol. The van der Waals surface area contributed by atoms with E-state index in [0.717, 1.165) is 90.3 Å². The van der Waals surface area contributed by atoms with E-state index in [4.69, 9.17) is 20.0 Å². The summed E-state index contributed by atoms with van der Waals surface area (Å²) < 4.78 is 11.5. The van der Waals surface area contributed by atoms with E-state index >= 15 is 0 Å². The third-order valence-electron chi connectivity index (χ3n) is 10.7. The van der Waals surface area contributed by atoms with Crippen LogP contribution in [0.15, 0.2) is 4.99 Å². The molecule has 0 aliphatic heterocycles. The maximum Gasteiger partial charge on any atom is 0.306 e. The molecule has 0 rings (SSSR count). The fourth-order valence-electron chi connectivity index (χ4n) is 7.19. The van der Waals surface area contributed by atoms with E-state index in [1.165, 1.54) is 136 Å². The molecular weight excluding hydrogens is 689 g/mol. The van der Waals surface area contributed by atoms with E-state index < -0.39 is 0 Å². The minimum absolute atomic E-state index is 0.0125. The lowest BCUT2D eigenvalue weighted by Crippen LogP contribution is -2.31. The highest BCUT2D eigenvalue weighted by atomic mass is 16.6. The standard InChI is InChI=1S/C46H92N4O5/c1-5-8-11-14-16-25-32-42-54-44(51)36-28-21-17-23-30-39-50(41-33-38-48-46(47)49-53-4)40-31-24-18-22-29-37-45(52)55-43(34-26-19-13-10-7-3)35-27-20-15-12-9-6-2/h43H,5-42H2,1-4H3,(H3,47,48,49). The van der Waals surface area contributed by atoms with Gasteiger partial charge in [0.2, 0.25) is 5.96 Å². The first kappa shape index (κ1) is 53.1. The van der Waals surface area contributed by atoms with Gasteiger partial charge in [0.25, 0.3) is 0 Å². The summed E-state index contributed by atoms with van der Waals surface area (Å²) in [6, 6.07) is 0. The Kier molecular flexibility index (Phi) is 41.8. The van der Waals surface area contributed by atoms with Gasteiger partial charge in [-0.2, -0.15) is 0 Å². The molecule has 0 amide bonds. The van der Waals surface area contributed by atoms with E-state index in [0.29, 0.717) is 32.0 Å². The fourth-order valence-corrected chi connectivity index (χ4v) is 7.19. The number of carbonyl (C=O) groups is 2. The summed E-state index contributed by atoms with van der Waals surface area (Å²) in [6.45, 7) is 11.2. The Morgan fingerprint density at radius 1 is 0.545 bits per heavy atom. The van der Waals surface area contributed by atoms with E-state index in [-0.39, 0.29) is 18.0 Å². The first-order valence-corrected chi connectivity index (χ1v) is 23.6. The first-order valence-electron chi connectivity index (χ1n) is 23.6. The minimum atomic E-state index is -0.0305. The largest absolute Gasteiger partial charge is 0.466 e.